The van der Waals surface area contributed by atoms with Crippen LogP contribution in [0.25, 0.3) is 0 Å². The first-order chi connectivity index (χ1) is 15.1. The highest BCUT2D eigenvalue weighted by molar-refractivity contribution is 6.31. The molecule has 4 nitrogen and oxygen atoms in total. The first kappa shape index (κ1) is 30.4. The van der Waals surface area contributed by atoms with Crippen LogP contribution in [0, 0.1) is 30.1 Å². The average molecular weight is 465 g/mol. The molecule has 0 bridgehead atoms. The van der Waals surface area contributed by atoms with E-state index in [1.165, 1.54) is 44.9 Å². The lowest BCUT2D eigenvalue weighted by Gasteiger charge is -2.18. The Hall–Kier alpha value is -1.57. The summed E-state index contributed by atoms with van der Waals surface area (Å²) in [6.45, 7) is 13.9. The molecule has 1 unspecified atom stereocenters. The van der Waals surface area contributed by atoms with Crippen molar-refractivity contribution in [2.45, 2.75) is 98.5 Å². The van der Waals surface area contributed by atoms with Gasteiger partial charge in [0.2, 0.25) is 6.41 Å². The predicted octanol–water partition coefficient (Wildman–Crippen LogP) is 7.15. The lowest BCUT2D eigenvalue weighted by molar-refractivity contribution is -0.117. The molecular formula is C27H45ClN2O2. The fourth-order valence-corrected chi connectivity index (χ4v) is 3.65. The number of aryl methyl sites for hydroxylation is 1. The van der Waals surface area contributed by atoms with Gasteiger partial charge in [0.15, 0.2) is 0 Å². The quantitative estimate of drug-likeness (QED) is 0.483. The summed E-state index contributed by atoms with van der Waals surface area (Å²) in [6.07, 6.45) is 11.9. The third-order valence-electron chi connectivity index (χ3n) is 6.02. The number of carbonyl (C=O) groups is 1. The van der Waals surface area contributed by atoms with Gasteiger partial charge in [-0.05, 0) is 63.1 Å². The van der Waals surface area contributed by atoms with E-state index in [2.05, 4.69) is 13.8 Å². The van der Waals surface area contributed by atoms with Gasteiger partial charge in [-0.2, -0.15) is 5.26 Å². The first-order valence-electron chi connectivity index (χ1n) is 12.1. The highest BCUT2D eigenvalue weighted by atomic mass is 35.5. The number of aliphatic hydroxyl groups is 1. The van der Waals surface area contributed by atoms with Gasteiger partial charge in [0.1, 0.15) is 6.07 Å². The summed E-state index contributed by atoms with van der Waals surface area (Å²) in [5.41, 5.74) is 1.15. The number of rotatable bonds is 3. The molecule has 0 aromatic heterocycles. The van der Waals surface area contributed by atoms with E-state index < -0.39 is 5.60 Å². The fraction of sp³-hybridized carbons (Fsp3) is 0.704. The number of hydrogen-bond donors (Lipinski definition) is 1. The second kappa shape index (κ2) is 17.0. The molecule has 1 N–H and O–H groups in total. The zero-order chi connectivity index (χ0) is 24.6. The molecule has 1 heterocycles. The minimum Gasteiger partial charge on any atom is -0.390 e. The van der Waals surface area contributed by atoms with E-state index in [1.54, 1.807) is 26.0 Å². The van der Waals surface area contributed by atoms with Crippen molar-refractivity contribution in [3.8, 4) is 6.07 Å². The Bertz CT molecular complexity index is 673. The van der Waals surface area contributed by atoms with Crippen LogP contribution in [0.4, 0.5) is 0 Å². The minimum absolute atomic E-state index is 0.458. The van der Waals surface area contributed by atoms with Crippen LogP contribution < -0.4 is 0 Å². The zero-order valence-corrected chi connectivity index (χ0v) is 21.9. The van der Waals surface area contributed by atoms with Gasteiger partial charge in [0.25, 0.3) is 0 Å². The number of amides is 1. The van der Waals surface area contributed by atoms with Gasteiger partial charge in [0.05, 0.1) is 16.2 Å². The van der Waals surface area contributed by atoms with Crippen molar-refractivity contribution in [3.05, 3.63) is 34.3 Å². The van der Waals surface area contributed by atoms with Crippen molar-refractivity contribution in [1.29, 1.82) is 5.26 Å². The summed E-state index contributed by atoms with van der Waals surface area (Å²) in [4.78, 5) is 11.9. The molecule has 2 fully saturated rings. The maximum absolute atomic E-state index is 10.1. The Morgan fingerprint density at radius 3 is 2.12 bits per heavy atom. The van der Waals surface area contributed by atoms with Gasteiger partial charge in [-0.15, -0.1) is 0 Å². The van der Waals surface area contributed by atoms with Crippen LogP contribution in [0.3, 0.4) is 0 Å². The molecule has 5 heteroatoms. The molecule has 1 saturated carbocycles. The van der Waals surface area contributed by atoms with Gasteiger partial charge in [-0.1, -0.05) is 77.0 Å². The molecule has 0 radical (unpaired) electrons. The Kier molecular flexibility index (Phi) is 16.1. The monoisotopic (exact) mass is 464 g/mol. The number of halogens is 1. The maximum atomic E-state index is 10.1. The van der Waals surface area contributed by atoms with Gasteiger partial charge in [0, 0.05) is 13.1 Å². The number of likely N-dealkylation sites (tertiary alicyclic amines) is 1. The van der Waals surface area contributed by atoms with Crippen LogP contribution in [-0.2, 0) is 4.79 Å². The molecule has 1 aliphatic carbocycles. The Balaban J connectivity index is 0.000000407. The largest absolute Gasteiger partial charge is 0.390 e. The molecule has 1 aliphatic heterocycles. The zero-order valence-electron chi connectivity index (χ0n) is 21.2. The lowest BCUT2D eigenvalue weighted by atomic mass is 9.88. The fourth-order valence-electron chi connectivity index (χ4n) is 3.37. The number of nitrogens with zero attached hydrogens (tertiary/aromatic N) is 2. The molecule has 3 rings (SSSR count). The standard InChI is InChI=1S/C8H6ClN.C8H16.C6H11NO.C5H12O/c1-6-2-3-7(5-10)8(9)4-6;1-2-8-6-4-3-5-7-8;1-6-2-3-7(4-6)5-8;1-4-5(2,3)6/h2-4H,1H3;8H,2-7H2,1H3;5-6H,2-4H2,1H3;6H,4H2,1-3H3. The smallest absolute Gasteiger partial charge is 0.209 e. The van der Waals surface area contributed by atoms with Gasteiger partial charge >= 0.3 is 0 Å². The third kappa shape index (κ3) is 15.3. The average Bonchev–Trinajstić information content (AvgIpc) is 3.21. The Morgan fingerprint density at radius 1 is 1.22 bits per heavy atom. The van der Waals surface area contributed by atoms with Gasteiger partial charge in [-0.25, -0.2) is 0 Å². The third-order valence-corrected chi connectivity index (χ3v) is 6.33. The normalized spacial score (nSPS) is 18.1. The molecule has 1 aromatic rings. The van der Waals surface area contributed by atoms with E-state index in [9.17, 15) is 4.79 Å². The molecule has 32 heavy (non-hydrogen) atoms. The molecule has 1 amide bonds. The van der Waals surface area contributed by atoms with E-state index in [0.29, 0.717) is 10.6 Å². The van der Waals surface area contributed by atoms with Crippen LogP contribution in [0.15, 0.2) is 18.2 Å². The number of carbonyl (C=O) groups excluding carboxylic acids is 1. The molecule has 2 aliphatic rings. The lowest BCUT2D eigenvalue weighted by Crippen LogP contribution is -2.17. The highest BCUT2D eigenvalue weighted by Crippen LogP contribution is 2.25. The number of hydrogen-bond acceptors (Lipinski definition) is 3. The summed E-state index contributed by atoms with van der Waals surface area (Å²) in [5.74, 6) is 1.81. The summed E-state index contributed by atoms with van der Waals surface area (Å²) < 4.78 is 0. The van der Waals surface area contributed by atoms with Gasteiger partial charge < -0.3 is 10.0 Å². The number of benzene rings is 1. The number of nitriles is 1. The maximum Gasteiger partial charge on any atom is 0.209 e. The molecule has 0 spiro atoms. The van der Waals surface area contributed by atoms with Crippen LogP contribution in [0.1, 0.15) is 97.1 Å². The minimum atomic E-state index is -0.458. The van der Waals surface area contributed by atoms with Gasteiger partial charge in [-0.3, -0.25) is 4.79 Å². The summed E-state index contributed by atoms with van der Waals surface area (Å²) in [6, 6.07) is 7.35. The van der Waals surface area contributed by atoms with Crippen LogP contribution in [0.2, 0.25) is 5.02 Å². The summed E-state index contributed by atoms with van der Waals surface area (Å²) >= 11 is 5.71. The first-order valence-corrected chi connectivity index (χ1v) is 12.5. The second-order valence-electron chi connectivity index (χ2n) is 9.67. The summed E-state index contributed by atoms with van der Waals surface area (Å²) in [7, 11) is 0. The van der Waals surface area contributed by atoms with E-state index in [4.69, 9.17) is 22.0 Å². The van der Waals surface area contributed by atoms with Crippen LogP contribution >= 0.6 is 11.6 Å². The topological polar surface area (TPSA) is 64.3 Å². The van der Waals surface area contributed by atoms with Crippen molar-refractivity contribution in [1.82, 2.24) is 4.90 Å². The van der Waals surface area contributed by atoms with E-state index in [0.717, 1.165) is 43.3 Å². The molecule has 182 valence electrons. The SMILES string of the molecule is CC1CCN(C=O)C1.CCC(C)(C)O.CCC1CCCCC1.Cc1ccc(C#N)c(Cl)c1. The van der Waals surface area contributed by atoms with Crippen LogP contribution in [-0.4, -0.2) is 35.1 Å². The summed E-state index contributed by atoms with van der Waals surface area (Å²) in [5, 5.41) is 17.8. The van der Waals surface area contributed by atoms with E-state index in [-0.39, 0.29) is 0 Å². The predicted molar refractivity (Wildman–Crippen MR) is 136 cm³/mol. The molecular weight excluding hydrogens is 420 g/mol. The van der Waals surface area contributed by atoms with E-state index in [1.807, 2.05) is 30.9 Å². The van der Waals surface area contributed by atoms with Crippen molar-refractivity contribution >= 4 is 18.0 Å². The van der Waals surface area contributed by atoms with E-state index >= 15 is 0 Å². The molecule has 1 saturated heterocycles. The van der Waals surface area contributed by atoms with Crippen LogP contribution in [0.5, 0.6) is 0 Å². The Morgan fingerprint density at radius 2 is 1.81 bits per heavy atom. The van der Waals surface area contributed by atoms with Crippen molar-refractivity contribution in [3.63, 3.8) is 0 Å². The Labute approximate surface area is 202 Å². The molecule has 1 atom stereocenters. The highest BCUT2D eigenvalue weighted by Gasteiger charge is 2.15. The molecule has 1 aromatic carbocycles. The second-order valence-corrected chi connectivity index (χ2v) is 10.1. The van der Waals surface area contributed by atoms with Crippen molar-refractivity contribution in [2.75, 3.05) is 13.1 Å². The van der Waals surface area contributed by atoms with Crippen molar-refractivity contribution in [2.24, 2.45) is 11.8 Å². The van der Waals surface area contributed by atoms with Crippen molar-refractivity contribution < 1.29 is 9.90 Å².